The van der Waals surface area contributed by atoms with Crippen LogP contribution in [-0.2, 0) is 29.2 Å². The molecular weight excluding hydrogens is 645 g/mol. The van der Waals surface area contributed by atoms with Crippen molar-refractivity contribution in [3.63, 3.8) is 0 Å². The van der Waals surface area contributed by atoms with Crippen molar-refractivity contribution in [2.24, 2.45) is 10.9 Å². The highest BCUT2D eigenvalue weighted by molar-refractivity contribution is 8.14. The third-order valence-electron chi connectivity index (χ3n) is 7.52. The van der Waals surface area contributed by atoms with Gasteiger partial charge in [0.25, 0.3) is 0 Å². The van der Waals surface area contributed by atoms with E-state index in [4.69, 9.17) is 4.74 Å². The maximum absolute atomic E-state index is 14.2. The van der Waals surface area contributed by atoms with Gasteiger partial charge in [-0.05, 0) is 36.0 Å². The zero-order valence-electron chi connectivity index (χ0n) is 28.0. The van der Waals surface area contributed by atoms with Crippen LogP contribution in [-0.4, -0.2) is 74.7 Å². The van der Waals surface area contributed by atoms with Crippen molar-refractivity contribution in [3.8, 4) is 0 Å². The molecule has 0 fully saturated rings. The fourth-order valence-corrected chi connectivity index (χ4v) is 6.31. The van der Waals surface area contributed by atoms with E-state index in [0.29, 0.717) is 38.4 Å². The summed E-state index contributed by atoms with van der Waals surface area (Å²) >= 11 is 3.01. The summed E-state index contributed by atoms with van der Waals surface area (Å²) < 4.78 is 5.63. The molecule has 2 heterocycles. The van der Waals surface area contributed by atoms with E-state index in [2.05, 4.69) is 21.9 Å². The molecule has 3 aromatic rings. The molecule has 0 bridgehead atoms. The number of urea groups is 1. The second-order valence-corrected chi connectivity index (χ2v) is 13.9. The summed E-state index contributed by atoms with van der Waals surface area (Å²) in [5, 5.41) is 3.82. The fourth-order valence-electron chi connectivity index (χ4n) is 4.95. The highest BCUT2D eigenvalue weighted by Gasteiger charge is 2.30. The van der Waals surface area contributed by atoms with Crippen LogP contribution >= 0.6 is 23.1 Å². The molecule has 0 spiro atoms. The first-order valence-electron chi connectivity index (χ1n) is 15.9. The Balaban J connectivity index is 1.46. The molecule has 4 rings (SSSR count). The third kappa shape index (κ3) is 11.1. The average Bonchev–Trinajstić information content (AvgIpc) is 3.78. The van der Waals surface area contributed by atoms with Gasteiger partial charge in [-0.1, -0.05) is 92.9 Å². The molecule has 1 unspecified atom stereocenters. The van der Waals surface area contributed by atoms with Crippen LogP contribution in [0.15, 0.2) is 101 Å². The summed E-state index contributed by atoms with van der Waals surface area (Å²) in [5.74, 6) is 0.286. The lowest BCUT2D eigenvalue weighted by Crippen LogP contribution is -2.53. The minimum Gasteiger partial charge on any atom is -0.444 e. The van der Waals surface area contributed by atoms with Gasteiger partial charge in [-0.25, -0.2) is 14.6 Å². The number of nitrogens with zero attached hydrogens (tertiary/aromatic N) is 5. The molecule has 0 aliphatic carbocycles. The van der Waals surface area contributed by atoms with Crippen molar-refractivity contribution in [1.82, 2.24) is 25.0 Å². The summed E-state index contributed by atoms with van der Waals surface area (Å²) in [4.78, 5) is 55.0. The average molecular weight is 689 g/mol. The van der Waals surface area contributed by atoms with Crippen LogP contribution in [0.4, 0.5) is 9.59 Å². The maximum Gasteiger partial charge on any atom is 0.410 e. The molecule has 254 valence electrons. The number of nitrogens with one attached hydrogen (secondary N) is 1. The van der Waals surface area contributed by atoms with Crippen molar-refractivity contribution >= 4 is 46.2 Å². The van der Waals surface area contributed by atoms with E-state index < -0.39 is 18.2 Å². The number of aliphatic imine (C=N–C) groups is 1. The van der Waals surface area contributed by atoms with Crippen LogP contribution in [0.2, 0.25) is 0 Å². The second kappa shape index (κ2) is 18.2. The molecule has 1 atom stereocenters. The highest BCUT2D eigenvalue weighted by atomic mass is 32.2. The zero-order valence-corrected chi connectivity index (χ0v) is 29.6. The Hall–Kier alpha value is -4.42. The van der Waals surface area contributed by atoms with Crippen LogP contribution in [0.1, 0.15) is 43.2 Å². The van der Waals surface area contributed by atoms with E-state index in [0.717, 1.165) is 32.3 Å². The van der Waals surface area contributed by atoms with Gasteiger partial charge in [-0.3, -0.25) is 9.78 Å². The molecule has 1 aromatic heterocycles. The Morgan fingerprint density at radius 1 is 1.00 bits per heavy atom. The van der Waals surface area contributed by atoms with Crippen molar-refractivity contribution in [3.05, 3.63) is 112 Å². The van der Waals surface area contributed by atoms with E-state index in [9.17, 15) is 14.4 Å². The monoisotopic (exact) mass is 688 g/mol. The number of thioether (sulfide) groups is 1. The minimum atomic E-state index is -0.765. The van der Waals surface area contributed by atoms with E-state index >= 15 is 0 Å². The largest absolute Gasteiger partial charge is 0.444 e. The van der Waals surface area contributed by atoms with Gasteiger partial charge in [0.15, 0.2) is 0 Å². The van der Waals surface area contributed by atoms with Gasteiger partial charge in [0, 0.05) is 51.4 Å². The van der Waals surface area contributed by atoms with E-state index in [1.807, 2.05) is 81.4 Å². The lowest BCUT2D eigenvalue weighted by Gasteiger charge is -2.31. The lowest BCUT2D eigenvalue weighted by molar-refractivity contribution is -0.135. The number of carbonyl (C=O) groups is 3. The van der Waals surface area contributed by atoms with Crippen molar-refractivity contribution in [2.45, 2.75) is 52.9 Å². The van der Waals surface area contributed by atoms with Gasteiger partial charge < -0.3 is 24.8 Å². The van der Waals surface area contributed by atoms with Crippen molar-refractivity contribution in [1.29, 1.82) is 0 Å². The summed E-state index contributed by atoms with van der Waals surface area (Å²) in [7, 11) is 1.65. The van der Waals surface area contributed by atoms with E-state index in [-0.39, 0.29) is 18.4 Å². The van der Waals surface area contributed by atoms with Crippen molar-refractivity contribution in [2.75, 3.05) is 25.9 Å². The van der Waals surface area contributed by atoms with E-state index in [1.54, 1.807) is 46.5 Å². The van der Waals surface area contributed by atoms with Crippen LogP contribution < -0.4 is 5.32 Å². The summed E-state index contributed by atoms with van der Waals surface area (Å²) in [5.41, 5.74) is 5.30. The molecule has 0 saturated carbocycles. The molecule has 1 aliphatic heterocycles. The van der Waals surface area contributed by atoms with Crippen LogP contribution in [0.25, 0.3) is 0 Å². The van der Waals surface area contributed by atoms with Gasteiger partial charge in [0.05, 0.1) is 21.1 Å². The van der Waals surface area contributed by atoms with Gasteiger partial charge in [-0.15, -0.1) is 11.3 Å². The number of amides is 4. The predicted molar refractivity (Wildman–Crippen MR) is 193 cm³/mol. The third-order valence-corrected chi connectivity index (χ3v) is 9.43. The Bertz CT molecular complexity index is 1580. The summed E-state index contributed by atoms with van der Waals surface area (Å²) in [6, 6.07) is 18.3. The number of ether oxygens (including phenoxy) is 1. The smallest absolute Gasteiger partial charge is 0.410 e. The van der Waals surface area contributed by atoms with Crippen LogP contribution in [0.3, 0.4) is 0 Å². The molecule has 0 radical (unpaired) electrons. The second-order valence-electron chi connectivity index (χ2n) is 11.9. The molecule has 48 heavy (non-hydrogen) atoms. The molecule has 1 N–H and O–H groups in total. The molecule has 4 amide bonds. The first kappa shape index (κ1) is 36.4. The van der Waals surface area contributed by atoms with E-state index in [1.165, 1.54) is 16.2 Å². The Labute approximate surface area is 291 Å². The van der Waals surface area contributed by atoms with Gasteiger partial charge in [0.2, 0.25) is 5.91 Å². The number of aromatic nitrogens is 1. The number of hydrogen-bond donors (Lipinski definition) is 1. The number of rotatable bonds is 15. The Morgan fingerprint density at radius 3 is 2.19 bits per heavy atom. The molecule has 2 aromatic carbocycles. The first-order chi connectivity index (χ1) is 23.1. The lowest BCUT2D eigenvalue weighted by atomic mass is 10.0. The summed E-state index contributed by atoms with van der Waals surface area (Å²) in [6.45, 7) is 11.3. The normalized spacial score (nSPS) is 13.9. The fraction of sp³-hybridized carbons (Fsp3) is 0.361. The maximum atomic E-state index is 14.2. The highest BCUT2D eigenvalue weighted by Crippen LogP contribution is 2.25. The molecular formula is C36H44N6O4S2. The van der Waals surface area contributed by atoms with Gasteiger partial charge in [0.1, 0.15) is 12.6 Å². The SMILES string of the molecule is C=C(C)C1=N/C(=C\N(C)C(=O)NC(C(=O)N(CCCN(Cc2ccccc2)C(=O)OCc2cncs2)Cc2ccccc2)C(C)C)CS1. The first-order valence-corrected chi connectivity index (χ1v) is 17.7. The Morgan fingerprint density at radius 2 is 1.62 bits per heavy atom. The molecule has 10 nitrogen and oxygen atoms in total. The van der Waals surface area contributed by atoms with Gasteiger partial charge >= 0.3 is 12.1 Å². The number of carbonyl (C=O) groups excluding carboxylic acids is 3. The number of benzene rings is 2. The standard InChI is InChI=1S/C36H44N6O4S2/c1-26(2)32(39-35(44)40(5)22-30-24-47-33(38-30)27(3)4)34(43)41(20-28-13-8-6-9-14-28)17-12-18-42(21-29-15-10-7-11-16-29)36(45)46-23-31-19-37-25-48-31/h6-11,13-16,19,22,25-26,32H,3,12,17-18,20-21,23-24H2,1-2,4-5H3,(H,39,44)/b30-22-. The topological polar surface area (TPSA) is 107 Å². The van der Waals surface area contributed by atoms with Gasteiger partial charge in [-0.2, -0.15) is 0 Å². The Kier molecular flexibility index (Phi) is 13.8. The quantitative estimate of drug-likeness (QED) is 0.186. The van der Waals surface area contributed by atoms with Crippen molar-refractivity contribution < 1.29 is 19.1 Å². The number of thiazole rings is 1. The molecule has 0 saturated heterocycles. The minimum absolute atomic E-state index is 0.147. The van der Waals surface area contributed by atoms with Crippen LogP contribution in [0, 0.1) is 5.92 Å². The van der Waals surface area contributed by atoms with Crippen LogP contribution in [0.5, 0.6) is 0 Å². The molecule has 12 heteroatoms. The zero-order chi connectivity index (χ0) is 34.5. The molecule has 1 aliphatic rings. The number of hydrogen-bond acceptors (Lipinski definition) is 8. The summed E-state index contributed by atoms with van der Waals surface area (Å²) in [6.07, 6.45) is 3.45. The predicted octanol–water partition coefficient (Wildman–Crippen LogP) is 6.93.